The Bertz CT molecular complexity index is 494. The third-order valence-electron chi connectivity index (χ3n) is 2.51. The van der Waals surface area contributed by atoms with E-state index in [0.29, 0.717) is 10.1 Å². The van der Waals surface area contributed by atoms with Gasteiger partial charge in [0.05, 0.1) is 0 Å². The fourth-order valence-electron chi connectivity index (χ4n) is 1.54. The quantitative estimate of drug-likeness (QED) is 0.611. The highest BCUT2D eigenvalue weighted by Gasteiger charge is 2.07. The Labute approximate surface area is 113 Å². The van der Waals surface area contributed by atoms with Crippen LogP contribution in [0, 0.1) is 6.92 Å². The van der Waals surface area contributed by atoms with E-state index >= 15 is 0 Å². The summed E-state index contributed by atoms with van der Waals surface area (Å²) in [6.45, 7) is 9.91. The van der Waals surface area contributed by atoms with E-state index in [4.69, 9.17) is 23.2 Å². The molecule has 0 aliphatic carbocycles. The summed E-state index contributed by atoms with van der Waals surface area (Å²) in [7, 11) is 0. The van der Waals surface area contributed by atoms with Crippen LogP contribution in [0.5, 0.6) is 0 Å². The zero-order valence-corrected chi connectivity index (χ0v) is 11.9. The fraction of sp³-hybridized carbons (Fsp3) is 0.200. The van der Waals surface area contributed by atoms with Gasteiger partial charge in [0.25, 0.3) is 0 Å². The first-order valence-corrected chi connectivity index (χ1v) is 6.17. The van der Waals surface area contributed by atoms with Crippen LogP contribution in [0.25, 0.3) is 5.57 Å². The van der Waals surface area contributed by atoms with Crippen LogP contribution in [0.1, 0.15) is 25.0 Å². The van der Waals surface area contributed by atoms with E-state index in [0.717, 1.165) is 22.3 Å². The molecule has 0 heterocycles. The normalized spacial score (nSPS) is 12.8. The highest BCUT2D eigenvalue weighted by Crippen LogP contribution is 2.29. The standard InChI is InChI=1S/C15H16Cl2/c1-5-12(16)8-14(10(2)3)15-9-13(17)7-6-11(15)4/h5-9H,2H2,1,3-4H3/b12-5+,14-8+. The van der Waals surface area contributed by atoms with E-state index in [1.807, 2.05) is 51.1 Å². The Morgan fingerprint density at radius 3 is 2.53 bits per heavy atom. The van der Waals surface area contributed by atoms with Crippen molar-refractivity contribution >= 4 is 28.8 Å². The molecule has 0 amide bonds. The molecule has 0 fully saturated rings. The lowest BCUT2D eigenvalue weighted by Gasteiger charge is -2.11. The van der Waals surface area contributed by atoms with Gasteiger partial charge in [-0.05, 0) is 55.7 Å². The van der Waals surface area contributed by atoms with Crippen molar-refractivity contribution in [2.75, 3.05) is 0 Å². The zero-order valence-electron chi connectivity index (χ0n) is 10.3. The van der Waals surface area contributed by atoms with Crippen LogP contribution in [0.4, 0.5) is 0 Å². The topological polar surface area (TPSA) is 0 Å². The Balaban J connectivity index is 3.38. The Morgan fingerprint density at radius 2 is 2.00 bits per heavy atom. The average molecular weight is 267 g/mol. The van der Waals surface area contributed by atoms with Crippen LogP contribution in [-0.2, 0) is 0 Å². The van der Waals surface area contributed by atoms with Gasteiger partial charge in [-0.3, -0.25) is 0 Å². The molecular weight excluding hydrogens is 251 g/mol. The minimum absolute atomic E-state index is 0.697. The fourth-order valence-corrected chi connectivity index (χ4v) is 1.82. The monoisotopic (exact) mass is 266 g/mol. The van der Waals surface area contributed by atoms with Gasteiger partial charge in [0.15, 0.2) is 0 Å². The van der Waals surface area contributed by atoms with Crippen molar-refractivity contribution in [3.63, 3.8) is 0 Å². The van der Waals surface area contributed by atoms with Crippen LogP contribution < -0.4 is 0 Å². The summed E-state index contributed by atoms with van der Waals surface area (Å²) in [4.78, 5) is 0. The van der Waals surface area contributed by atoms with E-state index in [1.165, 1.54) is 0 Å². The van der Waals surface area contributed by atoms with E-state index in [-0.39, 0.29) is 0 Å². The molecule has 0 saturated carbocycles. The van der Waals surface area contributed by atoms with Crippen molar-refractivity contribution in [3.05, 3.63) is 63.7 Å². The van der Waals surface area contributed by atoms with Crippen molar-refractivity contribution in [1.82, 2.24) is 0 Å². The van der Waals surface area contributed by atoms with Crippen LogP contribution in [0.3, 0.4) is 0 Å². The highest BCUT2D eigenvalue weighted by atomic mass is 35.5. The van der Waals surface area contributed by atoms with Crippen LogP contribution in [-0.4, -0.2) is 0 Å². The smallest absolute Gasteiger partial charge is 0.0412 e. The molecule has 0 nitrogen and oxygen atoms in total. The van der Waals surface area contributed by atoms with Gasteiger partial charge < -0.3 is 0 Å². The van der Waals surface area contributed by atoms with Crippen molar-refractivity contribution < 1.29 is 0 Å². The lowest BCUT2D eigenvalue weighted by atomic mass is 9.95. The molecule has 0 saturated heterocycles. The SMILES string of the molecule is C=C(C)/C(=C\C(Cl)=C/C)c1cc(Cl)ccc1C. The van der Waals surface area contributed by atoms with Crippen molar-refractivity contribution in [2.24, 2.45) is 0 Å². The molecule has 1 aromatic carbocycles. The van der Waals surface area contributed by atoms with Crippen LogP contribution in [0.2, 0.25) is 5.02 Å². The maximum atomic E-state index is 6.06. The van der Waals surface area contributed by atoms with E-state index in [1.54, 1.807) is 0 Å². The van der Waals surface area contributed by atoms with Gasteiger partial charge in [-0.25, -0.2) is 0 Å². The Morgan fingerprint density at radius 1 is 1.35 bits per heavy atom. The number of hydrogen-bond acceptors (Lipinski definition) is 0. The predicted molar refractivity (Wildman–Crippen MR) is 78.6 cm³/mol. The molecule has 0 radical (unpaired) electrons. The molecule has 0 spiro atoms. The van der Waals surface area contributed by atoms with E-state index < -0.39 is 0 Å². The molecular formula is C15H16Cl2. The second kappa shape index (κ2) is 6.09. The van der Waals surface area contributed by atoms with Crippen molar-refractivity contribution in [2.45, 2.75) is 20.8 Å². The first kappa shape index (κ1) is 14.1. The molecule has 0 N–H and O–H groups in total. The molecule has 0 aromatic heterocycles. The van der Waals surface area contributed by atoms with Gasteiger partial charge in [-0.15, -0.1) is 0 Å². The van der Waals surface area contributed by atoms with Gasteiger partial charge in [-0.1, -0.05) is 47.5 Å². The van der Waals surface area contributed by atoms with Crippen molar-refractivity contribution in [1.29, 1.82) is 0 Å². The second-order valence-electron chi connectivity index (χ2n) is 3.97. The van der Waals surface area contributed by atoms with Gasteiger partial charge in [-0.2, -0.15) is 0 Å². The number of hydrogen-bond donors (Lipinski definition) is 0. The van der Waals surface area contributed by atoms with Crippen LogP contribution >= 0.6 is 23.2 Å². The van der Waals surface area contributed by atoms with Crippen molar-refractivity contribution in [3.8, 4) is 0 Å². The number of rotatable bonds is 3. The maximum Gasteiger partial charge on any atom is 0.0412 e. The largest absolute Gasteiger partial charge is 0.0955 e. The summed E-state index contributed by atoms with van der Waals surface area (Å²) in [5.74, 6) is 0. The Kier molecular flexibility index (Phi) is 5.04. The number of allylic oxidation sites excluding steroid dienone is 5. The van der Waals surface area contributed by atoms with Gasteiger partial charge in [0.2, 0.25) is 0 Å². The van der Waals surface area contributed by atoms with E-state index in [9.17, 15) is 0 Å². The van der Waals surface area contributed by atoms with Crippen LogP contribution in [0.15, 0.2) is 47.5 Å². The van der Waals surface area contributed by atoms with Gasteiger partial charge in [0.1, 0.15) is 0 Å². The summed E-state index contributed by atoms with van der Waals surface area (Å²) >= 11 is 12.1. The minimum Gasteiger partial charge on any atom is -0.0955 e. The summed E-state index contributed by atoms with van der Waals surface area (Å²) in [5.41, 5.74) is 4.22. The number of benzene rings is 1. The maximum absolute atomic E-state index is 6.06. The first-order valence-electron chi connectivity index (χ1n) is 5.41. The molecule has 17 heavy (non-hydrogen) atoms. The minimum atomic E-state index is 0.697. The lowest BCUT2D eigenvalue weighted by Crippen LogP contribution is -1.90. The molecule has 90 valence electrons. The third kappa shape index (κ3) is 3.76. The first-order chi connectivity index (χ1) is 7.95. The lowest BCUT2D eigenvalue weighted by molar-refractivity contribution is 1.40. The number of aryl methyl sites for hydroxylation is 1. The average Bonchev–Trinajstić information content (AvgIpc) is 2.28. The summed E-state index contributed by atoms with van der Waals surface area (Å²) in [6, 6.07) is 5.82. The zero-order chi connectivity index (χ0) is 13.0. The molecule has 0 bridgehead atoms. The molecule has 1 rings (SSSR count). The molecule has 2 heteroatoms. The predicted octanol–water partition coefficient (Wildman–Crippen LogP) is 5.75. The summed E-state index contributed by atoms with van der Waals surface area (Å²) < 4.78 is 0. The van der Waals surface area contributed by atoms with Gasteiger partial charge >= 0.3 is 0 Å². The third-order valence-corrected chi connectivity index (χ3v) is 3.07. The second-order valence-corrected chi connectivity index (χ2v) is 4.84. The molecule has 0 atom stereocenters. The molecule has 0 unspecified atom stereocenters. The molecule has 0 aliphatic rings. The molecule has 0 aliphatic heterocycles. The van der Waals surface area contributed by atoms with E-state index in [2.05, 4.69) is 6.58 Å². The number of halogens is 2. The van der Waals surface area contributed by atoms with Gasteiger partial charge in [0, 0.05) is 10.1 Å². The highest BCUT2D eigenvalue weighted by molar-refractivity contribution is 6.32. The Hall–Kier alpha value is -0.980. The summed E-state index contributed by atoms with van der Waals surface area (Å²) in [6.07, 6.45) is 3.77. The summed E-state index contributed by atoms with van der Waals surface area (Å²) in [5, 5.41) is 1.41. The molecule has 1 aromatic rings.